The fraction of sp³-hybridized carbons (Fsp3) is 0.800. The van der Waals surface area contributed by atoms with Crippen LogP contribution in [0.15, 0.2) is 12.7 Å². The van der Waals surface area contributed by atoms with E-state index in [0.29, 0.717) is 0 Å². The number of aliphatic hydroxyl groups excluding tert-OH is 1. The lowest BCUT2D eigenvalue weighted by Gasteiger charge is -2.25. The second-order valence-electron chi connectivity index (χ2n) is 4.00. The van der Waals surface area contributed by atoms with Crippen molar-refractivity contribution in [2.75, 3.05) is 0 Å². The van der Waals surface area contributed by atoms with Crippen LogP contribution < -0.4 is 0 Å². The highest BCUT2D eigenvalue weighted by Crippen LogP contribution is 2.25. The first kappa shape index (κ1) is 9.65. The molecule has 1 N–H and O–H groups in total. The van der Waals surface area contributed by atoms with Crippen LogP contribution in [0.2, 0.25) is 0 Å². The normalized spacial score (nSPS) is 29.5. The van der Waals surface area contributed by atoms with Gasteiger partial charge in [-0.3, -0.25) is 0 Å². The van der Waals surface area contributed by atoms with Crippen LogP contribution in [0.5, 0.6) is 0 Å². The maximum Gasteiger partial charge on any atom is 0.137 e. The first-order chi connectivity index (χ1) is 6.88. The summed E-state index contributed by atoms with van der Waals surface area (Å²) in [6.07, 6.45) is 9.74. The van der Waals surface area contributed by atoms with E-state index in [4.69, 9.17) is 0 Å². The van der Waals surface area contributed by atoms with Gasteiger partial charge in [0.1, 0.15) is 12.7 Å². The maximum atomic E-state index is 9.96. The summed E-state index contributed by atoms with van der Waals surface area (Å²) >= 11 is 0. The fourth-order valence-electron chi connectivity index (χ4n) is 2.14. The third kappa shape index (κ3) is 2.12. The number of rotatable bonds is 1. The van der Waals surface area contributed by atoms with Crippen molar-refractivity contribution in [1.29, 1.82) is 0 Å². The van der Waals surface area contributed by atoms with E-state index in [2.05, 4.69) is 10.1 Å². The minimum absolute atomic E-state index is 0.137. The number of aliphatic hydroxyl groups is 1. The zero-order valence-corrected chi connectivity index (χ0v) is 8.34. The van der Waals surface area contributed by atoms with Gasteiger partial charge >= 0.3 is 0 Å². The standard InChI is InChI=1S/C10H17N3O/c14-10-6-4-2-1-3-5-9(10)13-8-11-7-12-13/h7-10,14H,1-6H2. The Morgan fingerprint density at radius 3 is 2.64 bits per heavy atom. The van der Waals surface area contributed by atoms with Gasteiger partial charge in [-0.15, -0.1) is 0 Å². The molecule has 4 nitrogen and oxygen atoms in total. The largest absolute Gasteiger partial charge is 0.391 e. The minimum atomic E-state index is -0.253. The third-order valence-corrected chi connectivity index (χ3v) is 2.97. The zero-order chi connectivity index (χ0) is 9.80. The molecule has 2 unspecified atom stereocenters. The van der Waals surface area contributed by atoms with Crippen LogP contribution in [0.3, 0.4) is 0 Å². The summed E-state index contributed by atoms with van der Waals surface area (Å²) in [5.41, 5.74) is 0. The Morgan fingerprint density at radius 2 is 1.93 bits per heavy atom. The third-order valence-electron chi connectivity index (χ3n) is 2.97. The number of hydrogen-bond donors (Lipinski definition) is 1. The predicted octanol–water partition coefficient (Wildman–Crippen LogP) is 1.53. The molecule has 1 aromatic heterocycles. The topological polar surface area (TPSA) is 50.9 Å². The zero-order valence-electron chi connectivity index (χ0n) is 8.34. The van der Waals surface area contributed by atoms with Crippen molar-refractivity contribution in [3.05, 3.63) is 12.7 Å². The molecule has 0 radical (unpaired) electrons. The minimum Gasteiger partial charge on any atom is -0.391 e. The molecule has 0 aliphatic heterocycles. The fourth-order valence-corrected chi connectivity index (χ4v) is 2.14. The summed E-state index contributed by atoms with van der Waals surface area (Å²) in [5, 5.41) is 14.1. The quantitative estimate of drug-likeness (QED) is 0.739. The van der Waals surface area contributed by atoms with Gasteiger partial charge < -0.3 is 5.11 Å². The van der Waals surface area contributed by atoms with Gasteiger partial charge in [0.15, 0.2) is 0 Å². The van der Waals surface area contributed by atoms with Crippen molar-refractivity contribution in [2.24, 2.45) is 0 Å². The molecule has 1 aromatic rings. The lowest BCUT2D eigenvalue weighted by Crippen LogP contribution is -2.25. The van der Waals surface area contributed by atoms with E-state index >= 15 is 0 Å². The van der Waals surface area contributed by atoms with Crippen molar-refractivity contribution < 1.29 is 5.11 Å². The van der Waals surface area contributed by atoms with Crippen LogP contribution in [0.4, 0.5) is 0 Å². The Balaban J connectivity index is 2.06. The number of aromatic nitrogens is 3. The highest BCUT2D eigenvalue weighted by molar-refractivity contribution is 4.77. The smallest absolute Gasteiger partial charge is 0.137 e. The summed E-state index contributed by atoms with van der Waals surface area (Å²) in [6, 6.07) is 0.137. The molecule has 0 aromatic carbocycles. The Kier molecular flexibility index (Phi) is 3.14. The highest BCUT2D eigenvalue weighted by Gasteiger charge is 2.22. The predicted molar refractivity (Wildman–Crippen MR) is 52.8 cm³/mol. The molecule has 14 heavy (non-hydrogen) atoms. The molecule has 2 atom stereocenters. The molecule has 78 valence electrons. The number of nitrogens with zero attached hydrogens (tertiary/aromatic N) is 3. The molecule has 0 bridgehead atoms. The van der Waals surface area contributed by atoms with Gasteiger partial charge in [-0.1, -0.05) is 25.7 Å². The van der Waals surface area contributed by atoms with Crippen molar-refractivity contribution in [1.82, 2.24) is 14.8 Å². The first-order valence-electron chi connectivity index (χ1n) is 5.40. The van der Waals surface area contributed by atoms with E-state index in [9.17, 15) is 5.11 Å². The summed E-state index contributed by atoms with van der Waals surface area (Å²) in [4.78, 5) is 3.93. The van der Waals surface area contributed by atoms with Crippen LogP contribution in [0, 0.1) is 0 Å². The van der Waals surface area contributed by atoms with Gasteiger partial charge in [0.05, 0.1) is 12.1 Å². The van der Waals surface area contributed by atoms with Crippen molar-refractivity contribution in [3.63, 3.8) is 0 Å². The van der Waals surface area contributed by atoms with Gasteiger partial charge in [-0.05, 0) is 12.8 Å². The van der Waals surface area contributed by atoms with Crippen LogP contribution in [0.25, 0.3) is 0 Å². The van der Waals surface area contributed by atoms with E-state index in [1.807, 2.05) is 0 Å². The Hall–Kier alpha value is -0.900. The molecular weight excluding hydrogens is 178 g/mol. The first-order valence-corrected chi connectivity index (χ1v) is 5.40. The Bertz CT molecular complexity index is 260. The monoisotopic (exact) mass is 195 g/mol. The van der Waals surface area contributed by atoms with Crippen molar-refractivity contribution in [3.8, 4) is 0 Å². The van der Waals surface area contributed by atoms with Crippen LogP contribution >= 0.6 is 0 Å². The molecular formula is C10H17N3O. The molecule has 0 amide bonds. The average molecular weight is 195 g/mol. The van der Waals surface area contributed by atoms with Crippen LogP contribution in [-0.2, 0) is 0 Å². The number of hydrogen-bond acceptors (Lipinski definition) is 3. The summed E-state index contributed by atoms with van der Waals surface area (Å²) in [5.74, 6) is 0. The van der Waals surface area contributed by atoms with E-state index in [1.54, 1.807) is 11.0 Å². The van der Waals surface area contributed by atoms with E-state index in [1.165, 1.54) is 25.6 Å². The summed E-state index contributed by atoms with van der Waals surface area (Å²) in [6.45, 7) is 0. The van der Waals surface area contributed by atoms with Crippen molar-refractivity contribution in [2.45, 2.75) is 50.7 Å². The average Bonchev–Trinajstić information content (AvgIpc) is 2.65. The molecule has 4 heteroatoms. The molecule has 1 heterocycles. The van der Waals surface area contributed by atoms with E-state index < -0.39 is 0 Å². The highest BCUT2D eigenvalue weighted by atomic mass is 16.3. The second kappa shape index (κ2) is 4.55. The molecule has 0 spiro atoms. The van der Waals surface area contributed by atoms with Crippen LogP contribution in [0.1, 0.15) is 44.6 Å². The molecule has 1 aliphatic rings. The summed E-state index contributed by atoms with van der Waals surface area (Å²) in [7, 11) is 0. The van der Waals surface area contributed by atoms with Gasteiger partial charge in [-0.25, -0.2) is 9.67 Å². The Labute approximate surface area is 84.0 Å². The SMILES string of the molecule is OC1CCCCCCC1n1cncn1. The van der Waals surface area contributed by atoms with Gasteiger partial charge in [0.25, 0.3) is 0 Å². The molecule has 1 fully saturated rings. The molecule has 1 aliphatic carbocycles. The Morgan fingerprint density at radius 1 is 1.14 bits per heavy atom. The van der Waals surface area contributed by atoms with Gasteiger partial charge in [0.2, 0.25) is 0 Å². The summed E-state index contributed by atoms with van der Waals surface area (Å²) < 4.78 is 1.80. The lowest BCUT2D eigenvalue weighted by molar-refractivity contribution is 0.0824. The molecule has 0 saturated heterocycles. The van der Waals surface area contributed by atoms with E-state index in [-0.39, 0.29) is 12.1 Å². The molecule has 2 rings (SSSR count). The van der Waals surface area contributed by atoms with E-state index in [0.717, 1.165) is 19.3 Å². The van der Waals surface area contributed by atoms with Gasteiger partial charge in [0, 0.05) is 0 Å². The molecule has 1 saturated carbocycles. The lowest BCUT2D eigenvalue weighted by atomic mass is 9.94. The second-order valence-corrected chi connectivity index (χ2v) is 4.00. The van der Waals surface area contributed by atoms with Crippen LogP contribution in [-0.4, -0.2) is 26.0 Å². The maximum absolute atomic E-state index is 9.96. The van der Waals surface area contributed by atoms with Crippen molar-refractivity contribution >= 4 is 0 Å². The van der Waals surface area contributed by atoms with Gasteiger partial charge in [-0.2, -0.15) is 5.10 Å².